The van der Waals surface area contributed by atoms with Gasteiger partial charge in [-0.25, -0.2) is 9.98 Å². The minimum absolute atomic E-state index is 0.472. The molecule has 0 saturated heterocycles. The second kappa shape index (κ2) is 7.06. The zero-order valence-corrected chi connectivity index (χ0v) is 11.3. The average Bonchev–Trinajstić information content (AvgIpc) is 2.74. The van der Waals surface area contributed by atoms with E-state index in [4.69, 9.17) is 5.73 Å². The molecule has 0 aromatic carbocycles. The van der Waals surface area contributed by atoms with Crippen LogP contribution in [0.3, 0.4) is 0 Å². The van der Waals surface area contributed by atoms with Crippen molar-refractivity contribution in [3.8, 4) is 0 Å². The van der Waals surface area contributed by atoms with Gasteiger partial charge in [-0.1, -0.05) is 19.1 Å². The lowest BCUT2D eigenvalue weighted by molar-refractivity contribution is 0.846. The van der Waals surface area contributed by atoms with Gasteiger partial charge < -0.3 is 11.1 Å². The molecule has 0 aliphatic carbocycles. The van der Waals surface area contributed by atoms with Crippen LogP contribution in [0.15, 0.2) is 23.3 Å². The number of guanidine groups is 1. The predicted octanol–water partition coefficient (Wildman–Crippen LogP) is 1.73. The molecule has 0 atom stereocenters. The highest BCUT2D eigenvalue weighted by molar-refractivity contribution is 7.11. The first-order valence-electron chi connectivity index (χ1n) is 5.73. The Bertz CT molecular complexity index is 395. The third-order valence-electron chi connectivity index (χ3n) is 2.11. The molecule has 5 heteroatoms. The minimum atomic E-state index is 0.472. The molecule has 3 N–H and O–H groups in total. The van der Waals surface area contributed by atoms with Crippen LogP contribution >= 0.6 is 11.3 Å². The van der Waals surface area contributed by atoms with Crippen molar-refractivity contribution < 1.29 is 0 Å². The largest absolute Gasteiger partial charge is 0.370 e. The second-order valence-electron chi connectivity index (χ2n) is 3.91. The zero-order chi connectivity index (χ0) is 12.7. The maximum absolute atomic E-state index is 5.70. The van der Waals surface area contributed by atoms with E-state index in [9.17, 15) is 0 Å². The summed E-state index contributed by atoms with van der Waals surface area (Å²) < 4.78 is 0. The van der Waals surface area contributed by atoms with E-state index in [2.05, 4.69) is 28.8 Å². The molecule has 0 aliphatic rings. The summed E-state index contributed by atoms with van der Waals surface area (Å²) >= 11 is 1.76. The predicted molar refractivity (Wildman–Crippen MR) is 74.5 cm³/mol. The van der Waals surface area contributed by atoms with Crippen molar-refractivity contribution in [2.75, 3.05) is 13.1 Å². The van der Waals surface area contributed by atoms with Gasteiger partial charge in [0.25, 0.3) is 0 Å². The Morgan fingerprint density at radius 2 is 2.41 bits per heavy atom. The van der Waals surface area contributed by atoms with Crippen molar-refractivity contribution in [3.63, 3.8) is 0 Å². The lowest BCUT2D eigenvalue weighted by atomic mass is 10.4. The fourth-order valence-electron chi connectivity index (χ4n) is 1.20. The number of hydrogen-bond donors (Lipinski definition) is 2. The molecular formula is C12H20N4S. The molecule has 0 radical (unpaired) electrons. The van der Waals surface area contributed by atoms with Crippen LogP contribution in [0.1, 0.15) is 23.7 Å². The zero-order valence-electron chi connectivity index (χ0n) is 10.5. The van der Waals surface area contributed by atoms with E-state index < -0.39 is 0 Å². The highest BCUT2D eigenvalue weighted by atomic mass is 32.1. The van der Waals surface area contributed by atoms with Crippen molar-refractivity contribution in [2.24, 2.45) is 10.7 Å². The minimum Gasteiger partial charge on any atom is -0.370 e. The monoisotopic (exact) mass is 252 g/mol. The quantitative estimate of drug-likeness (QED) is 0.460. The molecule has 1 rings (SSSR count). The third kappa shape index (κ3) is 5.49. The Hall–Kier alpha value is -1.36. The highest BCUT2D eigenvalue weighted by Gasteiger charge is 2.00. The van der Waals surface area contributed by atoms with Gasteiger partial charge in [0, 0.05) is 24.0 Å². The molecule has 0 fully saturated rings. The smallest absolute Gasteiger partial charge is 0.188 e. The summed E-state index contributed by atoms with van der Waals surface area (Å²) in [5.74, 6) is 0.472. The summed E-state index contributed by atoms with van der Waals surface area (Å²) in [5.41, 5.74) is 6.70. The number of aliphatic imine (C=N–C) groups is 1. The summed E-state index contributed by atoms with van der Waals surface area (Å²) in [6, 6.07) is 0. The molecule has 0 saturated carbocycles. The molecule has 1 aromatic rings. The van der Waals surface area contributed by atoms with Gasteiger partial charge in [0.15, 0.2) is 5.96 Å². The Balaban J connectivity index is 2.27. The molecule has 0 aliphatic heterocycles. The van der Waals surface area contributed by atoms with Crippen molar-refractivity contribution in [1.82, 2.24) is 10.3 Å². The first-order valence-corrected chi connectivity index (χ1v) is 6.55. The number of nitrogens with one attached hydrogen (secondary N) is 1. The topological polar surface area (TPSA) is 63.3 Å². The van der Waals surface area contributed by atoms with E-state index in [1.165, 1.54) is 4.88 Å². The van der Waals surface area contributed by atoms with Crippen LogP contribution in [-0.2, 0) is 12.8 Å². The lowest BCUT2D eigenvalue weighted by Gasteiger charge is -2.03. The van der Waals surface area contributed by atoms with Crippen molar-refractivity contribution in [2.45, 2.75) is 26.7 Å². The fraction of sp³-hybridized carbons (Fsp3) is 0.500. The molecule has 0 amide bonds. The number of aryl methyl sites for hydroxylation is 1. The van der Waals surface area contributed by atoms with E-state index in [-0.39, 0.29) is 0 Å². The van der Waals surface area contributed by atoms with Gasteiger partial charge in [0.05, 0.1) is 11.6 Å². The number of thiazole rings is 1. The van der Waals surface area contributed by atoms with Crippen LogP contribution in [0.5, 0.6) is 0 Å². The van der Waals surface area contributed by atoms with Crippen molar-refractivity contribution in [3.05, 3.63) is 28.2 Å². The second-order valence-corrected chi connectivity index (χ2v) is 5.11. The van der Waals surface area contributed by atoms with Crippen LogP contribution in [0.2, 0.25) is 0 Å². The number of rotatable bonds is 6. The summed E-state index contributed by atoms with van der Waals surface area (Å²) in [6.45, 7) is 9.18. The van der Waals surface area contributed by atoms with Crippen LogP contribution in [0.4, 0.5) is 0 Å². The molecule has 0 spiro atoms. The fourth-order valence-corrected chi connectivity index (χ4v) is 2.06. The Labute approximate surface area is 107 Å². The molecular weight excluding hydrogens is 232 g/mol. The maximum atomic E-state index is 5.70. The van der Waals surface area contributed by atoms with E-state index in [1.807, 2.05) is 13.1 Å². The number of hydrogen-bond acceptors (Lipinski definition) is 3. The molecule has 0 unspecified atom stereocenters. The summed E-state index contributed by atoms with van der Waals surface area (Å²) in [6.07, 6.45) is 3.87. The van der Waals surface area contributed by atoms with Gasteiger partial charge >= 0.3 is 0 Å². The number of nitrogens with two attached hydrogens (primary N) is 1. The SMILES string of the molecule is C=C(C)CN=C(N)NCCc1ncc(CC)s1. The molecule has 1 aromatic heterocycles. The molecule has 94 valence electrons. The van der Waals surface area contributed by atoms with Crippen molar-refractivity contribution in [1.29, 1.82) is 0 Å². The van der Waals surface area contributed by atoms with E-state index in [1.54, 1.807) is 11.3 Å². The van der Waals surface area contributed by atoms with Gasteiger partial charge in [-0.15, -0.1) is 11.3 Å². The van der Waals surface area contributed by atoms with Gasteiger partial charge in [-0.3, -0.25) is 0 Å². The standard InChI is InChI=1S/C12H20N4S/c1-4-10-8-15-11(17-10)5-6-14-12(13)16-7-9(2)3/h8H,2,4-7H2,1,3H3,(H3,13,14,16). The molecule has 4 nitrogen and oxygen atoms in total. The first-order chi connectivity index (χ1) is 8.11. The van der Waals surface area contributed by atoms with Crippen molar-refractivity contribution >= 4 is 17.3 Å². The van der Waals surface area contributed by atoms with Gasteiger partial charge in [0.1, 0.15) is 0 Å². The third-order valence-corrected chi connectivity index (χ3v) is 3.32. The average molecular weight is 252 g/mol. The Kier molecular flexibility index (Phi) is 5.69. The number of aromatic nitrogens is 1. The van der Waals surface area contributed by atoms with Gasteiger partial charge in [0.2, 0.25) is 0 Å². The molecule has 1 heterocycles. The molecule has 0 bridgehead atoms. The van der Waals surface area contributed by atoms with E-state index >= 15 is 0 Å². The van der Waals surface area contributed by atoms with Crippen LogP contribution < -0.4 is 11.1 Å². The van der Waals surface area contributed by atoms with E-state index in [0.29, 0.717) is 12.5 Å². The maximum Gasteiger partial charge on any atom is 0.188 e. The first kappa shape index (κ1) is 13.7. The van der Waals surface area contributed by atoms with Gasteiger partial charge in [-0.2, -0.15) is 0 Å². The van der Waals surface area contributed by atoms with E-state index in [0.717, 1.165) is 30.0 Å². The number of nitrogens with zero attached hydrogens (tertiary/aromatic N) is 2. The Morgan fingerprint density at radius 3 is 3.00 bits per heavy atom. The van der Waals surface area contributed by atoms with Crippen LogP contribution in [0.25, 0.3) is 0 Å². The normalized spacial score (nSPS) is 11.5. The summed E-state index contributed by atoms with van der Waals surface area (Å²) in [4.78, 5) is 9.81. The molecule has 17 heavy (non-hydrogen) atoms. The lowest BCUT2D eigenvalue weighted by Crippen LogP contribution is -2.33. The summed E-state index contributed by atoms with van der Waals surface area (Å²) in [7, 11) is 0. The van der Waals surface area contributed by atoms with Gasteiger partial charge in [-0.05, 0) is 13.3 Å². The van der Waals surface area contributed by atoms with Crippen LogP contribution in [-0.4, -0.2) is 24.0 Å². The summed E-state index contributed by atoms with van der Waals surface area (Å²) in [5, 5.41) is 4.21. The van der Waals surface area contributed by atoms with Crippen LogP contribution in [0, 0.1) is 0 Å². The Morgan fingerprint density at radius 1 is 1.65 bits per heavy atom. The highest BCUT2D eigenvalue weighted by Crippen LogP contribution is 2.13.